The van der Waals surface area contributed by atoms with Gasteiger partial charge < -0.3 is 16.0 Å². The lowest BCUT2D eigenvalue weighted by Crippen LogP contribution is -2.39. The van der Waals surface area contributed by atoms with Gasteiger partial charge in [0.2, 0.25) is 11.9 Å². The van der Waals surface area contributed by atoms with E-state index in [-0.39, 0.29) is 28.6 Å². The van der Waals surface area contributed by atoms with E-state index in [2.05, 4.69) is 46.1 Å². The van der Waals surface area contributed by atoms with Gasteiger partial charge in [0.15, 0.2) is 0 Å². The number of pyridine rings is 1. The predicted octanol–water partition coefficient (Wildman–Crippen LogP) is 7.09. The number of carbonyl (C=O) groups excluding carboxylic acids is 1. The first-order valence-corrected chi connectivity index (χ1v) is 16.4. The Labute approximate surface area is 267 Å². The number of amides is 1. The van der Waals surface area contributed by atoms with Gasteiger partial charge in [-0.05, 0) is 106 Å². The van der Waals surface area contributed by atoms with Crippen molar-refractivity contribution in [2.75, 3.05) is 18.4 Å². The predicted molar refractivity (Wildman–Crippen MR) is 178 cm³/mol. The first-order valence-electron chi connectivity index (χ1n) is 16.0. The zero-order valence-corrected chi connectivity index (χ0v) is 26.8. The van der Waals surface area contributed by atoms with Gasteiger partial charge in [0.1, 0.15) is 11.5 Å². The zero-order chi connectivity index (χ0) is 31.7. The molecule has 1 saturated carbocycles. The third-order valence-electron chi connectivity index (χ3n) is 9.48. The van der Waals surface area contributed by atoms with E-state index in [1.165, 1.54) is 17.2 Å². The third-order valence-corrected chi connectivity index (χ3v) is 9.87. The Balaban J connectivity index is 1.40. The molecule has 2 aliphatic rings. The summed E-state index contributed by atoms with van der Waals surface area (Å²) in [7, 11) is 0. The molecule has 0 atom stereocenters. The van der Waals surface area contributed by atoms with Crippen molar-refractivity contribution in [1.29, 1.82) is 0 Å². The van der Waals surface area contributed by atoms with Gasteiger partial charge in [-0.3, -0.25) is 14.2 Å². The molecular formula is C35H40ClFN6O2. The Kier molecular flexibility index (Phi) is 9.19. The van der Waals surface area contributed by atoms with Crippen LogP contribution in [-0.4, -0.2) is 39.6 Å². The molecule has 236 valence electrons. The van der Waals surface area contributed by atoms with Crippen molar-refractivity contribution < 1.29 is 9.18 Å². The average Bonchev–Trinajstić information content (AvgIpc) is 3.04. The van der Waals surface area contributed by atoms with Gasteiger partial charge in [-0.2, -0.15) is 4.98 Å². The van der Waals surface area contributed by atoms with E-state index in [1.807, 2.05) is 13.8 Å². The summed E-state index contributed by atoms with van der Waals surface area (Å²) in [6.45, 7) is 7.90. The first-order chi connectivity index (χ1) is 21.7. The molecule has 2 aromatic heterocycles. The molecule has 0 radical (unpaired) electrons. The van der Waals surface area contributed by atoms with Crippen molar-refractivity contribution in [2.45, 2.75) is 83.7 Å². The lowest BCUT2D eigenvalue weighted by Gasteiger charge is -2.31. The second kappa shape index (κ2) is 13.3. The quantitative estimate of drug-likeness (QED) is 0.202. The summed E-state index contributed by atoms with van der Waals surface area (Å²) >= 11 is 6.42. The molecule has 4 aromatic rings. The van der Waals surface area contributed by atoms with E-state index in [0.29, 0.717) is 58.9 Å². The van der Waals surface area contributed by atoms with Crippen molar-refractivity contribution in [3.05, 3.63) is 80.5 Å². The molecule has 0 spiro atoms. The van der Waals surface area contributed by atoms with Crippen molar-refractivity contribution in [1.82, 2.24) is 25.2 Å². The number of fused-ring (bicyclic) bond motifs is 1. The number of aryl methyl sites for hydroxylation is 2. The van der Waals surface area contributed by atoms with Crippen LogP contribution in [0, 0.1) is 19.7 Å². The maximum atomic E-state index is 14.6. The maximum absolute atomic E-state index is 14.6. The van der Waals surface area contributed by atoms with Crippen molar-refractivity contribution in [3.8, 4) is 11.1 Å². The van der Waals surface area contributed by atoms with E-state index < -0.39 is 5.82 Å². The molecule has 1 aliphatic heterocycles. The number of rotatable bonds is 7. The smallest absolute Gasteiger partial charge is 0.260 e. The van der Waals surface area contributed by atoms with E-state index >= 15 is 0 Å². The molecule has 3 heterocycles. The summed E-state index contributed by atoms with van der Waals surface area (Å²) in [5.41, 5.74) is 5.09. The fourth-order valence-corrected chi connectivity index (χ4v) is 7.25. The van der Waals surface area contributed by atoms with Crippen LogP contribution in [-0.2, 0) is 4.79 Å². The number of halogens is 2. The Morgan fingerprint density at radius 3 is 2.56 bits per heavy atom. The van der Waals surface area contributed by atoms with Crippen LogP contribution in [0.2, 0.25) is 5.02 Å². The lowest BCUT2D eigenvalue weighted by atomic mass is 9.87. The Morgan fingerprint density at radius 1 is 1.09 bits per heavy atom. The molecule has 8 nitrogen and oxygen atoms in total. The average molecular weight is 631 g/mol. The van der Waals surface area contributed by atoms with Gasteiger partial charge in [0.05, 0.1) is 10.6 Å². The summed E-state index contributed by atoms with van der Waals surface area (Å²) < 4.78 is 16.3. The Bertz CT molecular complexity index is 1790. The van der Waals surface area contributed by atoms with Gasteiger partial charge in [-0.25, -0.2) is 9.37 Å². The Hall–Kier alpha value is -3.82. The number of benzene rings is 2. The topological polar surface area (TPSA) is 101 Å². The SMILES string of the molecule is CCC(=O)NC1CCC(n2c(=O)c(-c3cccc(F)c3Cl)c(C)c3cnc(Nc4ccc(C5CCNCC5)c(C)c4)nc32)CC1. The highest BCUT2D eigenvalue weighted by Gasteiger charge is 2.29. The first kappa shape index (κ1) is 31.2. The van der Waals surface area contributed by atoms with Crippen LogP contribution in [0.4, 0.5) is 16.0 Å². The molecule has 0 unspecified atom stereocenters. The molecule has 6 rings (SSSR count). The van der Waals surface area contributed by atoms with Crippen LogP contribution < -0.4 is 21.5 Å². The largest absolute Gasteiger partial charge is 0.353 e. The summed E-state index contributed by atoms with van der Waals surface area (Å²) in [4.78, 5) is 36.0. The lowest BCUT2D eigenvalue weighted by molar-refractivity contribution is -0.121. The van der Waals surface area contributed by atoms with E-state index in [9.17, 15) is 14.0 Å². The number of nitrogens with one attached hydrogen (secondary N) is 3. The van der Waals surface area contributed by atoms with E-state index in [1.54, 1.807) is 22.9 Å². The summed E-state index contributed by atoms with van der Waals surface area (Å²) in [5, 5.41) is 10.5. The second-order valence-electron chi connectivity index (χ2n) is 12.4. The minimum Gasteiger partial charge on any atom is -0.353 e. The number of aromatic nitrogens is 3. The zero-order valence-electron chi connectivity index (χ0n) is 26.1. The number of anilines is 2. The molecule has 1 amide bonds. The Morgan fingerprint density at radius 2 is 1.84 bits per heavy atom. The molecule has 0 bridgehead atoms. The van der Waals surface area contributed by atoms with Crippen LogP contribution in [0.15, 0.2) is 47.4 Å². The van der Waals surface area contributed by atoms with Crippen LogP contribution in [0.5, 0.6) is 0 Å². The fraction of sp³-hybridized carbons (Fsp3) is 0.429. The number of hydrogen-bond acceptors (Lipinski definition) is 6. The van der Waals surface area contributed by atoms with Crippen molar-refractivity contribution in [2.24, 2.45) is 0 Å². The highest BCUT2D eigenvalue weighted by atomic mass is 35.5. The number of nitrogens with zero attached hydrogens (tertiary/aromatic N) is 3. The van der Waals surface area contributed by atoms with Gasteiger partial charge in [0, 0.05) is 41.3 Å². The summed E-state index contributed by atoms with van der Waals surface area (Å²) in [6.07, 6.45) is 7.30. The van der Waals surface area contributed by atoms with Crippen LogP contribution in [0.25, 0.3) is 22.2 Å². The number of carbonyl (C=O) groups is 1. The minimum atomic E-state index is -0.580. The fourth-order valence-electron chi connectivity index (χ4n) is 7.03. The van der Waals surface area contributed by atoms with E-state index in [0.717, 1.165) is 44.5 Å². The van der Waals surface area contributed by atoms with Crippen molar-refractivity contribution in [3.63, 3.8) is 0 Å². The van der Waals surface area contributed by atoms with Crippen LogP contribution in [0.3, 0.4) is 0 Å². The molecule has 45 heavy (non-hydrogen) atoms. The molecule has 1 saturated heterocycles. The number of piperidine rings is 1. The van der Waals surface area contributed by atoms with E-state index in [4.69, 9.17) is 16.6 Å². The van der Waals surface area contributed by atoms with Crippen molar-refractivity contribution >= 4 is 40.2 Å². The molecular weight excluding hydrogens is 591 g/mol. The minimum absolute atomic E-state index is 0.0295. The maximum Gasteiger partial charge on any atom is 0.260 e. The second-order valence-corrected chi connectivity index (χ2v) is 12.7. The van der Waals surface area contributed by atoms with Crippen LogP contribution in [0.1, 0.15) is 80.5 Å². The summed E-state index contributed by atoms with van der Waals surface area (Å²) in [5.74, 6) is 0.399. The molecule has 2 aromatic carbocycles. The third kappa shape index (κ3) is 6.33. The highest BCUT2D eigenvalue weighted by Crippen LogP contribution is 2.36. The normalized spacial score (nSPS) is 19.0. The van der Waals surface area contributed by atoms with Gasteiger partial charge in [-0.15, -0.1) is 0 Å². The van der Waals surface area contributed by atoms with Gasteiger partial charge in [0.25, 0.3) is 5.56 Å². The molecule has 10 heteroatoms. The van der Waals surface area contributed by atoms with Crippen LogP contribution >= 0.6 is 11.6 Å². The molecule has 1 aliphatic carbocycles. The van der Waals surface area contributed by atoms with Gasteiger partial charge in [-0.1, -0.05) is 36.7 Å². The molecule has 3 N–H and O–H groups in total. The number of hydrogen-bond donors (Lipinski definition) is 3. The van der Waals surface area contributed by atoms with Gasteiger partial charge >= 0.3 is 0 Å². The standard InChI is InChI=1S/C35H40ClFN6O2/c1-4-30(44)40-23-8-11-25(12-9-23)43-33-28(21(3)31(34(43)45)27-6-5-7-29(37)32(27)36)19-39-35(42-33)41-24-10-13-26(20(2)18-24)22-14-16-38-17-15-22/h5-7,10,13,18-19,22-23,25,38H,4,8-9,11-12,14-17H2,1-3H3,(H,40,44)(H,39,41,42). The monoisotopic (exact) mass is 630 g/mol. The molecule has 2 fully saturated rings. The highest BCUT2D eigenvalue weighted by molar-refractivity contribution is 6.33. The summed E-state index contributed by atoms with van der Waals surface area (Å²) in [6, 6.07) is 10.8.